The fourth-order valence-electron chi connectivity index (χ4n) is 3.68. The van der Waals surface area contributed by atoms with Crippen molar-refractivity contribution in [3.8, 4) is 0 Å². The topological polar surface area (TPSA) is 70.6 Å². The van der Waals surface area contributed by atoms with Crippen LogP contribution in [0.4, 0.5) is 17.3 Å². The normalized spacial score (nSPS) is 17.5. The highest BCUT2D eigenvalue weighted by atomic mass is 16.5. The van der Waals surface area contributed by atoms with E-state index in [2.05, 4.69) is 37.2 Å². The summed E-state index contributed by atoms with van der Waals surface area (Å²) in [6.45, 7) is 6.89. The van der Waals surface area contributed by atoms with Gasteiger partial charge in [-0.15, -0.1) is 0 Å². The van der Waals surface area contributed by atoms with Gasteiger partial charge in [-0.2, -0.15) is 0 Å². The number of nitrogens with zero attached hydrogens (tertiary/aromatic N) is 4. The van der Waals surface area contributed by atoms with Crippen molar-refractivity contribution < 1.29 is 9.53 Å². The Labute approximate surface area is 165 Å². The van der Waals surface area contributed by atoms with Gasteiger partial charge in [-0.25, -0.2) is 9.97 Å². The summed E-state index contributed by atoms with van der Waals surface area (Å²) in [7, 11) is 0. The van der Waals surface area contributed by atoms with Crippen LogP contribution in [0.1, 0.15) is 35.4 Å². The van der Waals surface area contributed by atoms with Crippen LogP contribution < -0.4 is 15.1 Å². The Morgan fingerprint density at radius 1 is 0.964 bits per heavy atom. The molecule has 7 nitrogen and oxygen atoms in total. The summed E-state index contributed by atoms with van der Waals surface area (Å²) in [4.78, 5) is 26.2. The highest BCUT2D eigenvalue weighted by Crippen LogP contribution is 2.22. The number of hydrogen-bond acceptors (Lipinski definition) is 6. The Bertz CT molecular complexity index is 812. The fraction of sp³-hybridized carbons (Fsp3) is 0.476. The molecule has 0 spiro atoms. The van der Waals surface area contributed by atoms with Crippen LogP contribution in [0.3, 0.4) is 0 Å². The molecule has 4 rings (SSSR count). The summed E-state index contributed by atoms with van der Waals surface area (Å²) in [5.41, 5.74) is 3.15. The molecule has 0 saturated carbocycles. The van der Waals surface area contributed by atoms with E-state index in [1.165, 1.54) is 24.9 Å². The zero-order valence-electron chi connectivity index (χ0n) is 16.4. The van der Waals surface area contributed by atoms with Gasteiger partial charge in [-0.1, -0.05) is 0 Å². The average molecular weight is 381 g/mol. The number of benzene rings is 1. The molecule has 7 heteroatoms. The molecule has 0 bridgehead atoms. The molecular weight excluding hydrogens is 354 g/mol. The lowest BCUT2D eigenvalue weighted by atomic mass is 10.1. The summed E-state index contributed by atoms with van der Waals surface area (Å²) >= 11 is 0. The van der Waals surface area contributed by atoms with Crippen LogP contribution in [-0.2, 0) is 4.74 Å². The molecule has 2 aromatic rings. The number of piperidine rings is 1. The van der Waals surface area contributed by atoms with Crippen LogP contribution in [0.25, 0.3) is 0 Å². The Kier molecular flexibility index (Phi) is 5.71. The van der Waals surface area contributed by atoms with Crippen LogP contribution in [-0.4, -0.2) is 55.3 Å². The first-order valence-electron chi connectivity index (χ1n) is 10.0. The predicted molar refractivity (Wildman–Crippen MR) is 110 cm³/mol. The van der Waals surface area contributed by atoms with Crippen molar-refractivity contribution in [2.24, 2.45) is 0 Å². The predicted octanol–water partition coefficient (Wildman–Crippen LogP) is 2.86. The third kappa shape index (κ3) is 4.42. The lowest BCUT2D eigenvalue weighted by Crippen LogP contribution is -2.37. The molecule has 0 atom stereocenters. The van der Waals surface area contributed by atoms with E-state index >= 15 is 0 Å². The zero-order chi connectivity index (χ0) is 19.3. The van der Waals surface area contributed by atoms with E-state index in [0.717, 1.165) is 37.6 Å². The van der Waals surface area contributed by atoms with Gasteiger partial charge in [-0.05, 0) is 56.5 Å². The minimum absolute atomic E-state index is 0.217. The molecule has 148 valence electrons. The molecule has 0 radical (unpaired) electrons. The lowest BCUT2D eigenvalue weighted by Gasteiger charge is -2.28. The molecule has 2 aliphatic rings. The van der Waals surface area contributed by atoms with Crippen molar-refractivity contribution in [2.45, 2.75) is 26.2 Å². The van der Waals surface area contributed by atoms with E-state index in [1.807, 2.05) is 19.1 Å². The second kappa shape index (κ2) is 8.56. The Morgan fingerprint density at radius 3 is 2.39 bits per heavy atom. The highest BCUT2D eigenvalue weighted by Gasteiger charge is 2.18. The quantitative estimate of drug-likeness (QED) is 0.878. The number of aromatic nitrogens is 2. The van der Waals surface area contributed by atoms with Crippen molar-refractivity contribution in [3.05, 3.63) is 41.7 Å². The molecule has 1 N–H and O–H groups in total. The second-order valence-electron chi connectivity index (χ2n) is 7.34. The first-order valence-corrected chi connectivity index (χ1v) is 10.0. The van der Waals surface area contributed by atoms with Gasteiger partial charge in [0.15, 0.2) is 0 Å². The summed E-state index contributed by atoms with van der Waals surface area (Å²) in [6.07, 6.45) is 3.81. The third-order valence-corrected chi connectivity index (χ3v) is 5.22. The van der Waals surface area contributed by atoms with Crippen molar-refractivity contribution in [1.82, 2.24) is 9.97 Å². The molecule has 1 aromatic carbocycles. The molecule has 0 unspecified atom stereocenters. The van der Waals surface area contributed by atoms with Crippen molar-refractivity contribution in [3.63, 3.8) is 0 Å². The highest BCUT2D eigenvalue weighted by molar-refractivity contribution is 6.03. The average Bonchev–Trinajstić information content (AvgIpc) is 2.75. The van der Waals surface area contributed by atoms with Gasteiger partial charge in [0.2, 0.25) is 5.95 Å². The molecule has 2 saturated heterocycles. The number of ether oxygens (including phenoxy) is 1. The van der Waals surface area contributed by atoms with Gasteiger partial charge in [0, 0.05) is 43.2 Å². The number of carbonyl (C=O) groups excluding carboxylic acids is 1. The Morgan fingerprint density at radius 2 is 1.68 bits per heavy atom. The first kappa shape index (κ1) is 18.7. The maximum absolute atomic E-state index is 12.7. The summed E-state index contributed by atoms with van der Waals surface area (Å²) < 4.78 is 5.38. The van der Waals surface area contributed by atoms with E-state index in [0.29, 0.717) is 24.9 Å². The van der Waals surface area contributed by atoms with Crippen LogP contribution >= 0.6 is 0 Å². The van der Waals surface area contributed by atoms with Gasteiger partial charge in [0.05, 0.1) is 13.2 Å². The van der Waals surface area contributed by atoms with Gasteiger partial charge >= 0.3 is 0 Å². The number of rotatable bonds is 4. The minimum Gasteiger partial charge on any atom is -0.378 e. The maximum atomic E-state index is 12.7. The smallest absolute Gasteiger partial charge is 0.274 e. The van der Waals surface area contributed by atoms with Crippen molar-refractivity contribution in [1.29, 1.82) is 0 Å². The van der Waals surface area contributed by atoms with Crippen molar-refractivity contribution >= 4 is 23.2 Å². The van der Waals surface area contributed by atoms with Crippen LogP contribution in [0.2, 0.25) is 0 Å². The second-order valence-corrected chi connectivity index (χ2v) is 7.34. The van der Waals surface area contributed by atoms with E-state index < -0.39 is 0 Å². The van der Waals surface area contributed by atoms with Crippen molar-refractivity contribution in [2.75, 3.05) is 54.5 Å². The number of carbonyl (C=O) groups is 1. The summed E-state index contributed by atoms with van der Waals surface area (Å²) in [5.74, 6) is 0.375. The van der Waals surface area contributed by atoms with Gasteiger partial charge in [-0.3, -0.25) is 4.79 Å². The van der Waals surface area contributed by atoms with E-state index in [1.54, 1.807) is 6.07 Å². The molecular formula is C21H27N5O2. The number of aryl methyl sites for hydroxylation is 1. The number of morpholine rings is 1. The lowest BCUT2D eigenvalue weighted by molar-refractivity contribution is 0.102. The summed E-state index contributed by atoms with van der Waals surface area (Å²) in [6, 6.07) is 9.79. The Balaban J connectivity index is 1.45. The molecule has 28 heavy (non-hydrogen) atoms. The Hall–Kier alpha value is -2.67. The standard InChI is InChI=1S/C21H27N5O2/c1-16-15-19(24-21(22-16)26-11-13-28-14-12-26)20(27)23-17-5-7-18(8-6-17)25-9-3-2-4-10-25/h5-8,15H,2-4,9-14H2,1H3,(H,23,27). The van der Waals surface area contributed by atoms with E-state index in [9.17, 15) is 4.79 Å². The number of hydrogen-bond donors (Lipinski definition) is 1. The molecule has 3 heterocycles. The van der Waals surface area contributed by atoms with Gasteiger partial charge < -0.3 is 19.9 Å². The van der Waals surface area contributed by atoms with E-state index in [-0.39, 0.29) is 5.91 Å². The van der Waals surface area contributed by atoms with Gasteiger partial charge in [0.1, 0.15) is 5.69 Å². The molecule has 2 fully saturated rings. The number of amides is 1. The minimum atomic E-state index is -0.217. The summed E-state index contributed by atoms with van der Waals surface area (Å²) in [5, 5.41) is 2.95. The fourth-order valence-corrected chi connectivity index (χ4v) is 3.68. The van der Waals surface area contributed by atoms with Crippen LogP contribution in [0.15, 0.2) is 30.3 Å². The molecule has 2 aliphatic heterocycles. The number of nitrogens with one attached hydrogen (secondary N) is 1. The maximum Gasteiger partial charge on any atom is 0.274 e. The van der Waals surface area contributed by atoms with Crippen LogP contribution in [0.5, 0.6) is 0 Å². The third-order valence-electron chi connectivity index (χ3n) is 5.22. The number of anilines is 3. The molecule has 1 aromatic heterocycles. The first-order chi connectivity index (χ1) is 13.7. The zero-order valence-corrected chi connectivity index (χ0v) is 16.4. The monoisotopic (exact) mass is 381 g/mol. The largest absolute Gasteiger partial charge is 0.378 e. The van der Waals surface area contributed by atoms with Crippen LogP contribution in [0, 0.1) is 6.92 Å². The van der Waals surface area contributed by atoms with Gasteiger partial charge in [0.25, 0.3) is 5.91 Å². The molecule has 0 aliphatic carbocycles. The van der Waals surface area contributed by atoms with E-state index in [4.69, 9.17) is 4.74 Å². The molecule has 1 amide bonds. The SMILES string of the molecule is Cc1cc(C(=O)Nc2ccc(N3CCCCC3)cc2)nc(N2CCOCC2)n1.